The Morgan fingerprint density at radius 2 is 2.06 bits per heavy atom. The van der Waals surface area contributed by atoms with E-state index >= 15 is 0 Å². The zero-order chi connectivity index (χ0) is 24.6. The molecule has 3 heterocycles. The Labute approximate surface area is 214 Å². The van der Waals surface area contributed by atoms with Crippen LogP contribution in [0.25, 0.3) is 11.2 Å². The van der Waals surface area contributed by atoms with Gasteiger partial charge in [0.15, 0.2) is 17.2 Å². The van der Waals surface area contributed by atoms with E-state index < -0.39 is 6.43 Å². The number of nitrogens with two attached hydrogens (primary N) is 1. The number of rotatable bonds is 8. The van der Waals surface area contributed by atoms with Crippen LogP contribution >= 0.6 is 40.6 Å². The number of fused-ring (bicyclic) bond motifs is 1. The van der Waals surface area contributed by atoms with E-state index in [4.69, 9.17) is 14.7 Å². The molecule has 0 aliphatic carbocycles. The van der Waals surface area contributed by atoms with E-state index in [1.54, 1.807) is 10.4 Å². The summed E-state index contributed by atoms with van der Waals surface area (Å²) in [6, 6.07) is 7.05. The van der Waals surface area contributed by atoms with Gasteiger partial charge in [-0.05, 0) is 54.1 Å². The van der Waals surface area contributed by atoms with Crippen LogP contribution in [0.2, 0.25) is 0 Å². The van der Waals surface area contributed by atoms with Crippen LogP contribution in [0.15, 0.2) is 29.3 Å². The van der Waals surface area contributed by atoms with E-state index in [9.17, 15) is 8.78 Å². The van der Waals surface area contributed by atoms with Crippen molar-refractivity contribution in [2.24, 2.45) is 4.99 Å². The molecule has 2 aromatic heterocycles. The lowest BCUT2D eigenvalue weighted by Gasteiger charge is -2.16. The predicted octanol–water partition coefficient (Wildman–Crippen LogP) is 5.55. The van der Waals surface area contributed by atoms with Crippen LogP contribution in [0.1, 0.15) is 31.7 Å². The molecule has 3 aromatic rings. The topological polar surface area (TPSA) is 103 Å². The number of halogens is 3. The second-order valence-electron chi connectivity index (χ2n) is 8.28. The third kappa shape index (κ3) is 5.31. The maximum Gasteiger partial charge on any atom is 0.295 e. The smallest absolute Gasteiger partial charge is 0.295 e. The zero-order valence-electron chi connectivity index (χ0n) is 18.8. The molecule has 1 aromatic carbocycles. The largest absolute Gasteiger partial charge is 0.475 e. The molecule has 0 saturated carbocycles. The van der Waals surface area contributed by atoms with Gasteiger partial charge >= 0.3 is 0 Å². The molecule has 14 heteroatoms. The van der Waals surface area contributed by atoms with Gasteiger partial charge in [-0.15, -0.1) is 0 Å². The molecule has 182 valence electrons. The number of ether oxygens (including phenoxy) is 1. The Morgan fingerprint density at radius 3 is 2.68 bits per heavy atom. The number of benzene rings is 1. The minimum atomic E-state index is -2.74. The first kappa shape index (κ1) is 25.1. The van der Waals surface area contributed by atoms with Gasteiger partial charge in [-0.25, -0.2) is 28.0 Å². The number of pyridine rings is 1. The number of aliphatic imine (C=N–C) groups is 1. The summed E-state index contributed by atoms with van der Waals surface area (Å²) in [5, 5.41) is 3.24. The highest BCUT2D eigenvalue weighted by Gasteiger charge is 2.28. The van der Waals surface area contributed by atoms with E-state index in [1.807, 2.05) is 68.2 Å². The van der Waals surface area contributed by atoms with Crippen LogP contribution in [0, 0.1) is 0 Å². The fourth-order valence-corrected chi connectivity index (χ4v) is 5.49. The molecule has 4 rings (SSSR count). The van der Waals surface area contributed by atoms with Gasteiger partial charge in [-0.1, -0.05) is 0 Å². The lowest BCUT2D eigenvalue weighted by Crippen LogP contribution is -2.17. The number of imidazole rings is 1. The van der Waals surface area contributed by atoms with Gasteiger partial charge in [0.1, 0.15) is 30.2 Å². The van der Waals surface area contributed by atoms with Gasteiger partial charge in [0.2, 0.25) is 5.90 Å². The summed E-state index contributed by atoms with van der Waals surface area (Å²) >= 11 is 3.15. The number of anilines is 3. The van der Waals surface area contributed by atoms with Gasteiger partial charge in [0.25, 0.3) is 6.43 Å². The second kappa shape index (κ2) is 9.96. The van der Waals surface area contributed by atoms with E-state index in [0.29, 0.717) is 40.8 Å². The van der Waals surface area contributed by atoms with Crippen molar-refractivity contribution in [3.05, 3.63) is 35.7 Å². The molecule has 0 spiro atoms. The fourth-order valence-electron chi connectivity index (χ4n) is 3.23. The molecular formula is C20H23F2IN7O2PS. The van der Waals surface area contributed by atoms with E-state index in [1.165, 1.54) is 4.34 Å². The van der Waals surface area contributed by atoms with E-state index in [0.717, 1.165) is 17.8 Å². The summed E-state index contributed by atoms with van der Waals surface area (Å²) in [5.74, 6) is 0.873. The summed E-state index contributed by atoms with van der Waals surface area (Å²) in [7, 11) is 3.70. The lowest BCUT2D eigenvalue weighted by atomic mass is 10.1. The number of nitrogens with one attached hydrogen (secondary N) is 1. The standard InChI is InChI=1S/C20H23F2IN7O2PS/c1-20(2)9-31-19(28-20)10-5-6-11(13(7-10)32-34-29(3)4)25-12-8-14(24)26-17-15(12)27-18(16(21)22)30(17)33-23/h5-8,16,33H,9H2,1-4H3,(H3,24,25,26). The van der Waals surface area contributed by atoms with Crippen LogP contribution < -0.4 is 15.2 Å². The van der Waals surface area contributed by atoms with Gasteiger partial charge in [-0.3, -0.25) is 4.34 Å². The first-order valence-electron chi connectivity index (χ1n) is 10.1. The third-order valence-electron chi connectivity index (χ3n) is 4.68. The Morgan fingerprint density at radius 1 is 1.29 bits per heavy atom. The summed E-state index contributed by atoms with van der Waals surface area (Å²) in [6.07, 6.45) is -2.75. The van der Waals surface area contributed by atoms with Crippen molar-refractivity contribution in [1.82, 2.24) is 18.6 Å². The Balaban J connectivity index is 1.77. The van der Waals surface area contributed by atoms with Crippen molar-refractivity contribution in [3.8, 4) is 5.75 Å². The number of hydrogen-bond donors (Lipinski definition) is 2. The van der Waals surface area contributed by atoms with Crippen molar-refractivity contribution in [1.29, 1.82) is 0 Å². The maximum atomic E-state index is 13.6. The number of hydrogen-bond acceptors (Lipinski definition) is 9. The monoisotopic (exact) mass is 621 g/mol. The fraction of sp³-hybridized carbons (Fsp3) is 0.350. The SMILES string of the molecule is CN(C)SOc1cc(C2=NC(C)(C)CO2)ccc1Nc1cc(N)nc2c1nc(C(F)F)n2PI. The highest BCUT2D eigenvalue weighted by Crippen LogP contribution is 2.39. The summed E-state index contributed by atoms with van der Waals surface area (Å²) in [4.78, 5) is 13.0. The first-order chi connectivity index (χ1) is 16.1. The maximum absolute atomic E-state index is 13.6. The Kier molecular flexibility index (Phi) is 7.36. The molecule has 0 bridgehead atoms. The molecule has 0 fully saturated rings. The van der Waals surface area contributed by atoms with Crippen molar-refractivity contribution in [2.45, 2.75) is 25.8 Å². The molecule has 34 heavy (non-hydrogen) atoms. The van der Waals surface area contributed by atoms with Gasteiger partial charge in [-0.2, -0.15) is 0 Å². The minimum absolute atomic E-state index is 0.0108. The highest BCUT2D eigenvalue weighted by molar-refractivity contribution is 14.2. The average Bonchev–Trinajstić information content (AvgIpc) is 3.32. The molecule has 1 aliphatic rings. The lowest BCUT2D eigenvalue weighted by molar-refractivity contribution is 0.140. The van der Waals surface area contributed by atoms with Crippen molar-refractivity contribution >= 4 is 74.9 Å². The predicted molar refractivity (Wildman–Crippen MR) is 143 cm³/mol. The Hall–Kier alpha value is -1.96. The van der Waals surface area contributed by atoms with Crippen LogP contribution in [-0.4, -0.2) is 50.7 Å². The molecule has 0 saturated heterocycles. The normalized spacial score (nSPS) is 15.5. The number of nitrogen functional groups attached to an aromatic ring is 1. The molecule has 0 radical (unpaired) electrons. The molecule has 1 unspecified atom stereocenters. The van der Waals surface area contributed by atoms with Crippen molar-refractivity contribution in [3.63, 3.8) is 0 Å². The van der Waals surface area contributed by atoms with E-state index in [2.05, 4.69) is 20.3 Å². The number of nitrogens with zero attached hydrogens (tertiary/aromatic N) is 5. The summed E-state index contributed by atoms with van der Waals surface area (Å²) in [5.41, 5.74) is 8.10. The molecule has 0 amide bonds. The number of alkyl halides is 2. The van der Waals surface area contributed by atoms with E-state index in [-0.39, 0.29) is 23.6 Å². The van der Waals surface area contributed by atoms with Crippen LogP contribution in [0.5, 0.6) is 5.75 Å². The van der Waals surface area contributed by atoms with Gasteiger partial charge in [0.05, 0.1) is 23.3 Å². The van der Waals surface area contributed by atoms with Crippen LogP contribution in [0.4, 0.5) is 26.0 Å². The average molecular weight is 621 g/mol. The molecular weight excluding hydrogens is 598 g/mol. The van der Waals surface area contributed by atoms with Gasteiger partial charge < -0.3 is 20.0 Å². The Bertz CT molecular complexity index is 1260. The van der Waals surface area contributed by atoms with Crippen LogP contribution in [0.3, 0.4) is 0 Å². The highest BCUT2D eigenvalue weighted by atomic mass is 127. The van der Waals surface area contributed by atoms with Crippen molar-refractivity contribution in [2.75, 3.05) is 31.8 Å². The minimum Gasteiger partial charge on any atom is -0.475 e. The summed E-state index contributed by atoms with van der Waals surface area (Å²) in [6.45, 7) is 4.49. The summed E-state index contributed by atoms with van der Waals surface area (Å²) < 4.78 is 42.0. The van der Waals surface area contributed by atoms with Crippen LogP contribution in [-0.2, 0) is 4.74 Å². The zero-order valence-corrected chi connectivity index (χ0v) is 22.7. The number of aromatic nitrogens is 3. The second-order valence-corrected chi connectivity index (χ2v) is 11.4. The quantitative estimate of drug-likeness (QED) is 0.146. The molecule has 9 nitrogen and oxygen atoms in total. The van der Waals surface area contributed by atoms with Crippen molar-refractivity contribution < 1.29 is 17.7 Å². The molecule has 1 atom stereocenters. The van der Waals surface area contributed by atoms with Gasteiger partial charge in [0, 0.05) is 25.7 Å². The third-order valence-corrected chi connectivity index (χ3v) is 7.29. The molecule has 1 aliphatic heterocycles. The first-order valence-corrected chi connectivity index (χ1v) is 14.8. The molecule has 3 N–H and O–H groups in total.